The topological polar surface area (TPSA) is 67.4 Å². The summed E-state index contributed by atoms with van der Waals surface area (Å²) in [6, 6.07) is 8.94. The van der Waals surface area contributed by atoms with E-state index in [0.29, 0.717) is 13.2 Å². The monoisotopic (exact) mass is 318 g/mol. The number of nitrogens with one attached hydrogen (secondary N) is 2. The summed E-state index contributed by atoms with van der Waals surface area (Å²) in [5.74, 6) is -0.490. The Morgan fingerprint density at radius 2 is 1.87 bits per heavy atom. The molecule has 2 amide bonds. The molecule has 0 aliphatic rings. The van der Waals surface area contributed by atoms with Crippen LogP contribution < -0.4 is 10.6 Å². The van der Waals surface area contributed by atoms with Gasteiger partial charge in [-0.25, -0.2) is 0 Å². The molecule has 0 heterocycles. The quantitative estimate of drug-likeness (QED) is 0.541. The van der Waals surface area contributed by atoms with Crippen molar-refractivity contribution in [3.63, 3.8) is 0 Å². The van der Waals surface area contributed by atoms with Crippen LogP contribution in [0, 0.1) is 0 Å². The number of ether oxygens (including phenoxy) is 1. The highest BCUT2D eigenvalue weighted by atomic mass is 16.5. The molecule has 23 heavy (non-hydrogen) atoms. The maximum absolute atomic E-state index is 11.9. The van der Waals surface area contributed by atoms with Crippen LogP contribution in [0.5, 0.6) is 0 Å². The van der Waals surface area contributed by atoms with Crippen LogP contribution in [0.2, 0.25) is 0 Å². The minimum Gasteiger partial charge on any atom is -0.379 e. The standard InChI is InChI=1S/C18H26N2O3/c1-14(2)23-13-7-12-19-18(22)15(3)20-17(21)11-10-16-8-5-4-6-9-16/h4-6,8-11,14-15H,7,12-13H2,1-3H3,(H,19,22)(H,20,21)/b11-10+. The van der Waals surface area contributed by atoms with Crippen molar-refractivity contribution >= 4 is 17.9 Å². The second kappa shape index (κ2) is 10.6. The van der Waals surface area contributed by atoms with Gasteiger partial charge < -0.3 is 15.4 Å². The van der Waals surface area contributed by atoms with Gasteiger partial charge in [0.2, 0.25) is 11.8 Å². The van der Waals surface area contributed by atoms with Crippen molar-refractivity contribution in [2.45, 2.75) is 39.3 Å². The maximum Gasteiger partial charge on any atom is 0.244 e. The smallest absolute Gasteiger partial charge is 0.244 e. The average molecular weight is 318 g/mol. The first-order valence-corrected chi connectivity index (χ1v) is 7.92. The van der Waals surface area contributed by atoms with E-state index in [1.165, 1.54) is 6.08 Å². The molecule has 0 saturated carbocycles. The molecule has 126 valence electrons. The van der Waals surface area contributed by atoms with Crippen molar-refractivity contribution in [3.8, 4) is 0 Å². The molecule has 1 atom stereocenters. The van der Waals surface area contributed by atoms with Gasteiger partial charge in [0, 0.05) is 19.2 Å². The highest BCUT2D eigenvalue weighted by molar-refractivity contribution is 5.95. The molecule has 0 bridgehead atoms. The predicted octanol–water partition coefficient (Wildman–Crippen LogP) is 2.14. The van der Waals surface area contributed by atoms with Gasteiger partial charge in [-0.1, -0.05) is 30.3 Å². The van der Waals surface area contributed by atoms with Gasteiger partial charge in [-0.2, -0.15) is 0 Å². The molecule has 1 aromatic rings. The molecule has 0 spiro atoms. The summed E-state index contributed by atoms with van der Waals surface area (Å²) >= 11 is 0. The van der Waals surface area contributed by atoms with Crippen LogP contribution in [0.1, 0.15) is 32.8 Å². The third-order valence-electron chi connectivity index (χ3n) is 3.05. The summed E-state index contributed by atoms with van der Waals surface area (Å²) in [7, 11) is 0. The second-order valence-electron chi connectivity index (χ2n) is 5.54. The predicted molar refractivity (Wildman–Crippen MR) is 91.8 cm³/mol. The average Bonchev–Trinajstić information content (AvgIpc) is 2.53. The van der Waals surface area contributed by atoms with Gasteiger partial charge in [-0.05, 0) is 38.8 Å². The van der Waals surface area contributed by atoms with Gasteiger partial charge in [-0.15, -0.1) is 0 Å². The van der Waals surface area contributed by atoms with Crippen molar-refractivity contribution in [2.75, 3.05) is 13.2 Å². The first kappa shape index (κ1) is 18.9. The maximum atomic E-state index is 11.9. The zero-order chi connectivity index (χ0) is 17.1. The summed E-state index contributed by atoms with van der Waals surface area (Å²) < 4.78 is 5.39. The number of hydrogen-bond donors (Lipinski definition) is 2. The second-order valence-corrected chi connectivity index (χ2v) is 5.54. The molecule has 1 rings (SSSR count). The van der Waals surface area contributed by atoms with Crippen LogP contribution in [-0.2, 0) is 14.3 Å². The molecule has 0 aliphatic carbocycles. The largest absolute Gasteiger partial charge is 0.379 e. The number of hydrogen-bond acceptors (Lipinski definition) is 3. The van der Waals surface area contributed by atoms with E-state index in [4.69, 9.17) is 4.74 Å². The Morgan fingerprint density at radius 3 is 2.52 bits per heavy atom. The number of rotatable bonds is 9. The SMILES string of the molecule is CC(C)OCCCNC(=O)C(C)NC(=O)/C=C/c1ccccc1. The Kier molecular flexibility index (Phi) is 8.68. The van der Waals surface area contributed by atoms with E-state index in [9.17, 15) is 9.59 Å². The minimum absolute atomic E-state index is 0.195. The van der Waals surface area contributed by atoms with Crippen molar-refractivity contribution in [1.82, 2.24) is 10.6 Å². The molecule has 2 N–H and O–H groups in total. The third-order valence-corrected chi connectivity index (χ3v) is 3.05. The van der Waals surface area contributed by atoms with Crippen molar-refractivity contribution in [3.05, 3.63) is 42.0 Å². The molecule has 1 unspecified atom stereocenters. The summed E-state index contributed by atoms with van der Waals surface area (Å²) in [5.41, 5.74) is 0.935. The molecular formula is C18H26N2O3. The molecule has 1 aromatic carbocycles. The molecule has 0 radical (unpaired) electrons. The summed E-state index contributed by atoms with van der Waals surface area (Å²) in [6.45, 7) is 6.75. The highest BCUT2D eigenvalue weighted by Crippen LogP contribution is 2.00. The minimum atomic E-state index is -0.575. The number of benzene rings is 1. The van der Waals surface area contributed by atoms with E-state index in [-0.39, 0.29) is 17.9 Å². The molecule has 0 aliphatic heterocycles. The van der Waals surface area contributed by atoms with Crippen LogP contribution in [0.25, 0.3) is 6.08 Å². The lowest BCUT2D eigenvalue weighted by molar-refractivity contribution is -0.126. The van der Waals surface area contributed by atoms with E-state index in [1.807, 2.05) is 44.2 Å². The van der Waals surface area contributed by atoms with Gasteiger partial charge in [0.1, 0.15) is 6.04 Å². The summed E-state index contributed by atoms with van der Waals surface area (Å²) in [5, 5.41) is 5.42. The zero-order valence-corrected chi connectivity index (χ0v) is 14.0. The Morgan fingerprint density at radius 1 is 1.17 bits per heavy atom. The number of carbonyl (C=O) groups excluding carboxylic acids is 2. The van der Waals surface area contributed by atoms with E-state index >= 15 is 0 Å². The van der Waals surface area contributed by atoms with E-state index in [2.05, 4.69) is 10.6 Å². The first-order valence-electron chi connectivity index (χ1n) is 7.92. The Balaban J connectivity index is 2.26. The first-order chi connectivity index (χ1) is 11.0. The fourth-order valence-electron chi connectivity index (χ4n) is 1.82. The van der Waals surface area contributed by atoms with Gasteiger partial charge >= 0.3 is 0 Å². The molecular weight excluding hydrogens is 292 g/mol. The van der Waals surface area contributed by atoms with Gasteiger partial charge in [0.25, 0.3) is 0 Å². The van der Waals surface area contributed by atoms with Crippen LogP contribution in [0.15, 0.2) is 36.4 Å². The van der Waals surface area contributed by atoms with Gasteiger partial charge in [-0.3, -0.25) is 9.59 Å². The Hall–Kier alpha value is -2.14. The van der Waals surface area contributed by atoms with Crippen LogP contribution in [-0.4, -0.2) is 37.1 Å². The fraction of sp³-hybridized carbons (Fsp3) is 0.444. The molecule has 5 nitrogen and oxygen atoms in total. The normalized spacial score (nSPS) is 12.3. The molecule has 0 aromatic heterocycles. The van der Waals surface area contributed by atoms with E-state index in [1.54, 1.807) is 13.0 Å². The lowest BCUT2D eigenvalue weighted by Crippen LogP contribution is -2.44. The zero-order valence-electron chi connectivity index (χ0n) is 14.0. The number of amides is 2. The van der Waals surface area contributed by atoms with Crippen LogP contribution in [0.3, 0.4) is 0 Å². The fourth-order valence-corrected chi connectivity index (χ4v) is 1.82. The van der Waals surface area contributed by atoms with E-state index in [0.717, 1.165) is 12.0 Å². The van der Waals surface area contributed by atoms with Crippen molar-refractivity contribution < 1.29 is 14.3 Å². The summed E-state index contributed by atoms with van der Waals surface area (Å²) in [6.07, 6.45) is 4.08. The van der Waals surface area contributed by atoms with Gasteiger partial charge in [0.15, 0.2) is 0 Å². The highest BCUT2D eigenvalue weighted by Gasteiger charge is 2.13. The van der Waals surface area contributed by atoms with Gasteiger partial charge in [0.05, 0.1) is 6.10 Å². The lowest BCUT2D eigenvalue weighted by atomic mass is 10.2. The Bertz CT molecular complexity index is 512. The Labute approximate surface area is 138 Å². The number of carbonyl (C=O) groups is 2. The van der Waals surface area contributed by atoms with Crippen LogP contribution >= 0.6 is 0 Å². The third kappa shape index (κ3) is 8.78. The van der Waals surface area contributed by atoms with E-state index < -0.39 is 6.04 Å². The lowest BCUT2D eigenvalue weighted by Gasteiger charge is -2.13. The van der Waals surface area contributed by atoms with Crippen molar-refractivity contribution in [1.29, 1.82) is 0 Å². The van der Waals surface area contributed by atoms with Crippen molar-refractivity contribution in [2.24, 2.45) is 0 Å². The molecule has 5 heteroatoms. The molecule has 0 saturated heterocycles. The summed E-state index contributed by atoms with van der Waals surface area (Å²) in [4.78, 5) is 23.6. The molecule has 0 fully saturated rings. The van der Waals surface area contributed by atoms with Crippen LogP contribution in [0.4, 0.5) is 0 Å².